The molecule has 1 saturated heterocycles. The summed E-state index contributed by atoms with van der Waals surface area (Å²) >= 11 is 0. The standard InChI is InChI=1S/C12H22O/c1-5-11(9(2)3)12-8-10(4)6-7-13-12/h5,9-10,12H,6-8H2,1-4H3/b11-5-/t10-,12+/m0/s1. The van der Waals surface area contributed by atoms with Crippen LogP contribution in [0.1, 0.15) is 40.5 Å². The molecule has 0 radical (unpaired) electrons. The van der Waals surface area contributed by atoms with Crippen LogP contribution in [0, 0.1) is 11.8 Å². The number of hydrogen-bond donors (Lipinski definition) is 0. The van der Waals surface area contributed by atoms with Crippen molar-refractivity contribution in [1.29, 1.82) is 0 Å². The highest BCUT2D eigenvalue weighted by atomic mass is 16.5. The van der Waals surface area contributed by atoms with Crippen molar-refractivity contribution in [2.75, 3.05) is 6.61 Å². The van der Waals surface area contributed by atoms with Crippen LogP contribution >= 0.6 is 0 Å². The van der Waals surface area contributed by atoms with E-state index in [0.717, 1.165) is 12.5 Å². The molecule has 0 aromatic carbocycles. The van der Waals surface area contributed by atoms with Crippen LogP contribution in [0.5, 0.6) is 0 Å². The monoisotopic (exact) mass is 182 g/mol. The smallest absolute Gasteiger partial charge is 0.0789 e. The Morgan fingerprint density at radius 2 is 2.15 bits per heavy atom. The molecule has 76 valence electrons. The van der Waals surface area contributed by atoms with Crippen LogP contribution in [0.3, 0.4) is 0 Å². The Morgan fingerprint density at radius 3 is 2.62 bits per heavy atom. The first-order valence-corrected chi connectivity index (χ1v) is 5.42. The maximum absolute atomic E-state index is 5.79. The van der Waals surface area contributed by atoms with Gasteiger partial charge >= 0.3 is 0 Å². The lowest BCUT2D eigenvalue weighted by atomic mass is 9.88. The van der Waals surface area contributed by atoms with Gasteiger partial charge in [0.05, 0.1) is 6.10 Å². The van der Waals surface area contributed by atoms with Crippen LogP contribution in [0.2, 0.25) is 0 Å². The molecule has 1 aliphatic heterocycles. The molecule has 1 fully saturated rings. The van der Waals surface area contributed by atoms with Crippen molar-refractivity contribution in [3.63, 3.8) is 0 Å². The number of allylic oxidation sites excluding steroid dienone is 1. The molecular formula is C12H22O. The van der Waals surface area contributed by atoms with Gasteiger partial charge in [-0.25, -0.2) is 0 Å². The summed E-state index contributed by atoms with van der Waals surface area (Å²) in [5.74, 6) is 1.45. The molecule has 1 heteroatoms. The van der Waals surface area contributed by atoms with E-state index in [4.69, 9.17) is 4.74 Å². The Morgan fingerprint density at radius 1 is 1.46 bits per heavy atom. The third kappa shape index (κ3) is 2.84. The zero-order valence-corrected chi connectivity index (χ0v) is 9.34. The minimum Gasteiger partial charge on any atom is -0.374 e. The van der Waals surface area contributed by atoms with Gasteiger partial charge in [0.15, 0.2) is 0 Å². The zero-order valence-electron chi connectivity index (χ0n) is 9.34. The normalized spacial score (nSPS) is 31.0. The fourth-order valence-corrected chi connectivity index (χ4v) is 2.09. The molecule has 0 saturated carbocycles. The summed E-state index contributed by atoms with van der Waals surface area (Å²) in [6.07, 6.45) is 5.06. The second-order valence-corrected chi connectivity index (χ2v) is 4.43. The molecule has 1 nitrogen and oxygen atoms in total. The largest absolute Gasteiger partial charge is 0.374 e. The van der Waals surface area contributed by atoms with Crippen molar-refractivity contribution >= 4 is 0 Å². The van der Waals surface area contributed by atoms with Crippen LogP contribution in [0.25, 0.3) is 0 Å². The molecule has 0 bridgehead atoms. The van der Waals surface area contributed by atoms with E-state index in [1.54, 1.807) is 0 Å². The van der Waals surface area contributed by atoms with Crippen molar-refractivity contribution in [1.82, 2.24) is 0 Å². The Balaban J connectivity index is 2.58. The van der Waals surface area contributed by atoms with Gasteiger partial charge in [0, 0.05) is 6.61 Å². The molecule has 0 aromatic rings. The minimum atomic E-state index is 0.397. The van der Waals surface area contributed by atoms with E-state index in [9.17, 15) is 0 Å². The van der Waals surface area contributed by atoms with Crippen LogP contribution in [-0.2, 0) is 4.74 Å². The second kappa shape index (κ2) is 4.80. The van der Waals surface area contributed by atoms with Crippen molar-refractivity contribution in [2.24, 2.45) is 11.8 Å². The van der Waals surface area contributed by atoms with E-state index < -0.39 is 0 Å². The molecule has 1 rings (SSSR count). The number of rotatable bonds is 2. The number of ether oxygens (including phenoxy) is 1. The SMILES string of the molecule is C/C=C(/C(C)C)[C@H]1C[C@@H](C)CCO1. The van der Waals surface area contributed by atoms with Gasteiger partial charge in [0.25, 0.3) is 0 Å². The van der Waals surface area contributed by atoms with Gasteiger partial charge in [-0.1, -0.05) is 26.8 Å². The van der Waals surface area contributed by atoms with Crippen molar-refractivity contribution in [3.8, 4) is 0 Å². The maximum Gasteiger partial charge on any atom is 0.0789 e. The van der Waals surface area contributed by atoms with Crippen molar-refractivity contribution in [2.45, 2.75) is 46.6 Å². The van der Waals surface area contributed by atoms with E-state index in [2.05, 4.69) is 33.8 Å². The van der Waals surface area contributed by atoms with Gasteiger partial charge in [-0.15, -0.1) is 0 Å². The number of hydrogen-bond acceptors (Lipinski definition) is 1. The Kier molecular flexibility index (Phi) is 3.98. The predicted molar refractivity (Wildman–Crippen MR) is 56.7 cm³/mol. The average Bonchev–Trinajstić information content (AvgIpc) is 2.04. The molecule has 0 N–H and O–H groups in total. The molecule has 1 heterocycles. The average molecular weight is 182 g/mol. The van der Waals surface area contributed by atoms with E-state index in [1.807, 2.05) is 0 Å². The quantitative estimate of drug-likeness (QED) is 0.595. The second-order valence-electron chi connectivity index (χ2n) is 4.43. The predicted octanol–water partition coefficient (Wildman–Crippen LogP) is 3.40. The first-order chi connectivity index (χ1) is 6.15. The summed E-state index contributed by atoms with van der Waals surface area (Å²) in [6.45, 7) is 9.88. The Hall–Kier alpha value is -0.300. The highest BCUT2D eigenvalue weighted by Crippen LogP contribution is 2.27. The van der Waals surface area contributed by atoms with E-state index >= 15 is 0 Å². The topological polar surface area (TPSA) is 9.23 Å². The van der Waals surface area contributed by atoms with E-state index in [-0.39, 0.29) is 0 Å². The Bertz CT molecular complexity index is 182. The summed E-state index contributed by atoms with van der Waals surface area (Å²) < 4.78 is 5.79. The summed E-state index contributed by atoms with van der Waals surface area (Å²) in [7, 11) is 0. The lowest BCUT2D eigenvalue weighted by molar-refractivity contribution is 0.0126. The third-order valence-corrected chi connectivity index (χ3v) is 2.92. The van der Waals surface area contributed by atoms with Crippen molar-refractivity contribution < 1.29 is 4.74 Å². The molecule has 1 aliphatic rings. The van der Waals surface area contributed by atoms with Gasteiger partial charge in [0.1, 0.15) is 0 Å². The molecule has 13 heavy (non-hydrogen) atoms. The molecule has 0 aliphatic carbocycles. The van der Waals surface area contributed by atoms with Gasteiger partial charge in [-0.2, -0.15) is 0 Å². The fourth-order valence-electron chi connectivity index (χ4n) is 2.09. The lowest BCUT2D eigenvalue weighted by Gasteiger charge is -2.30. The molecule has 2 atom stereocenters. The Labute approximate surface area is 82.2 Å². The maximum atomic E-state index is 5.79. The van der Waals surface area contributed by atoms with Crippen LogP contribution < -0.4 is 0 Å². The summed E-state index contributed by atoms with van der Waals surface area (Å²) in [5, 5.41) is 0. The summed E-state index contributed by atoms with van der Waals surface area (Å²) in [6, 6.07) is 0. The third-order valence-electron chi connectivity index (χ3n) is 2.92. The fraction of sp³-hybridized carbons (Fsp3) is 0.833. The van der Waals surface area contributed by atoms with Crippen molar-refractivity contribution in [3.05, 3.63) is 11.6 Å². The lowest BCUT2D eigenvalue weighted by Crippen LogP contribution is -2.27. The minimum absolute atomic E-state index is 0.397. The molecule has 0 spiro atoms. The summed E-state index contributed by atoms with van der Waals surface area (Å²) in [5.41, 5.74) is 1.48. The van der Waals surface area contributed by atoms with E-state index in [0.29, 0.717) is 12.0 Å². The van der Waals surface area contributed by atoms with Crippen LogP contribution in [-0.4, -0.2) is 12.7 Å². The first-order valence-electron chi connectivity index (χ1n) is 5.42. The highest BCUT2D eigenvalue weighted by Gasteiger charge is 2.23. The highest BCUT2D eigenvalue weighted by molar-refractivity contribution is 5.10. The molecule has 0 unspecified atom stereocenters. The van der Waals surface area contributed by atoms with Crippen LogP contribution in [0.4, 0.5) is 0 Å². The molecule has 0 aromatic heterocycles. The van der Waals surface area contributed by atoms with Gasteiger partial charge < -0.3 is 4.74 Å². The van der Waals surface area contributed by atoms with Gasteiger partial charge in [0.2, 0.25) is 0 Å². The molecular weight excluding hydrogens is 160 g/mol. The van der Waals surface area contributed by atoms with Gasteiger partial charge in [-0.05, 0) is 37.2 Å². The summed E-state index contributed by atoms with van der Waals surface area (Å²) in [4.78, 5) is 0. The van der Waals surface area contributed by atoms with E-state index in [1.165, 1.54) is 18.4 Å². The first kappa shape index (κ1) is 10.8. The van der Waals surface area contributed by atoms with Crippen LogP contribution in [0.15, 0.2) is 11.6 Å². The van der Waals surface area contributed by atoms with Gasteiger partial charge in [-0.3, -0.25) is 0 Å². The molecule has 0 amide bonds. The zero-order chi connectivity index (χ0) is 9.84.